The summed E-state index contributed by atoms with van der Waals surface area (Å²) in [5.74, 6) is 0. The second-order valence-electron chi connectivity index (χ2n) is 6.02. The SMILES string of the molecule is Cc1sccc1C(=S)Nc1ccc(Cl)c(/C=N\OC(C)(C)C)c1. The highest BCUT2D eigenvalue weighted by molar-refractivity contribution is 7.81. The number of aryl methyl sites for hydroxylation is 1. The van der Waals surface area contributed by atoms with Crippen LogP contribution in [-0.2, 0) is 4.84 Å². The molecule has 0 radical (unpaired) electrons. The van der Waals surface area contributed by atoms with Crippen LogP contribution < -0.4 is 5.32 Å². The molecule has 1 heterocycles. The standard InChI is InChI=1S/C17H19ClN2OS2/c1-11-14(7-8-23-11)16(22)20-13-5-6-15(18)12(9-13)10-19-21-17(2,3)4/h5-10H,1-4H3,(H,20,22)/b19-10-. The van der Waals surface area contributed by atoms with E-state index >= 15 is 0 Å². The number of anilines is 1. The zero-order valence-electron chi connectivity index (χ0n) is 13.5. The van der Waals surface area contributed by atoms with Gasteiger partial charge in [0.25, 0.3) is 0 Å². The Balaban J connectivity index is 2.14. The highest BCUT2D eigenvalue weighted by Crippen LogP contribution is 2.22. The summed E-state index contributed by atoms with van der Waals surface area (Å²) >= 11 is 13.3. The molecule has 0 aliphatic carbocycles. The highest BCUT2D eigenvalue weighted by atomic mass is 35.5. The largest absolute Gasteiger partial charge is 0.390 e. The summed E-state index contributed by atoms with van der Waals surface area (Å²) in [6.07, 6.45) is 1.61. The summed E-state index contributed by atoms with van der Waals surface area (Å²) in [5.41, 5.74) is 2.34. The maximum Gasteiger partial charge on any atom is 0.129 e. The molecule has 1 aromatic heterocycles. The third-order valence-corrected chi connectivity index (χ3v) is 4.39. The molecule has 3 nitrogen and oxygen atoms in total. The van der Waals surface area contributed by atoms with Crippen molar-refractivity contribution in [2.75, 3.05) is 5.32 Å². The molecule has 1 aromatic carbocycles. The zero-order valence-corrected chi connectivity index (χ0v) is 15.9. The zero-order chi connectivity index (χ0) is 17.0. The number of hydrogen-bond donors (Lipinski definition) is 1. The van der Waals surface area contributed by atoms with Gasteiger partial charge >= 0.3 is 0 Å². The Morgan fingerprint density at radius 1 is 1.35 bits per heavy atom. The molecule has 1 N–H and O–H groups in total. The summed E-state index contributed by atoms with van der Waals surface area (Å²) in [7, 11) is 0. The van der Waals surface area contributed by atoms with E-state index in [1.807, 2.05) is 50.4 Å². The molecule has 0 saturated carbocycles. The molecule has 0 atom stereocenters. The van der Waals surface area contributed by atoms with Crippen LogP contribution in [0.4, 0.5) is 5.69 Å². The van der Waals surface area contributed by atoms with Gasteiger partial charge in [0.1, 0.15) is 10.6 Å². The van der Waals surface area contributed by atoms with Gasteiger partial charge in [-0.1, -0.05) is 29.0 Å². The summed E-state index contributed by atoms with van der Waals surface area (Å²) in [6.45, 7) is 7.86. The average molecular weight is 367 g/mol. The van der Waals surface area contributed by atoms with E-state index in [2.05, 4.69) is 17.4 Å². The van der Waals surface area contributed by atoms with Gasteiger partial charge in [0.05, 0.1) is 6.21 Å². The smallest absolute Gasteiger partial charge is 0.129 e. The Hall–Kier alpha value is -1.43. The summed E-state index contributed by atoms with van der Waals surface area (Å²) in [5, 5.41) is 9.86. The normalized spacial score (nSPS) is 11.7. The molecule has 23 heavy (non-hydrogen) atoms. The van der Waals surface area contributed by atoms with Gasteiger partial charge < -0.3 is 10.2 Å². The van der Waals surface area contributed by atoms with Crippen molar-refractivity contribution in [3.05, 3.63) is 50.7 Å². The molecule has 0 fully saturated rings. The summed E-state index contributed by atoms with van der Waals surface area (Å²) < 4.78 is 0. The molecule has 2 rings (SSSR count). The van der Waals surface area contributed by atoms with Crippen molar-refractivity contribution < 1.29 is 4.84 Å². The van der Waals surface area contributed by atoms with Crippen molar-refractivity contribution in [1.29, 1.82) is 0 Å². The predicted octanol–water partition coefficient (Wildman–Crippen LogP) is 5.65. The van der Waals surface area contributed by atoms with E-state index in [1.54, 1.807) is 17.6 Å². The van der Waals surface area contributed by atoms with E-state index in [0.717, 1.165) is 16.8 Å². The van der Waals surface area contributed by atoms with Crippen molar-refractivity contribution in [2.24, 2.45) is 5.16 Å². The van der Waals surface area contributed by atoms with E-state index < -0.39 is 0 Å². The minimum Gasteiger partial charge on any atom is -0.390 e. The number of thiophene rings is 1. The van der Waals surface area contributed by atoms with Crippen LogP contribution in [0, 0.1) is 6.92 Å². The number of oxime groups is 1. The number of nitrogens with zero attached hydrogens (tertiary/aromatic N) is 1. The average Bonchev–Trinajstić information content (AvgIpc) is 2.87. The van der Waals surface area contributed by atoms with Crippen molar-refractivity contribution in [3.63, 3.8) is 0 Å². The lowest BCUT2D eigenvalue weighted by molar-refractivity contribution is 0.00199. The van der Waals surface area contributed by atoms with E-state index in [0.29, 0.717) is 10.0 Å². The molecular formula is C17H19ClN2OS2. The Morgan fingerprint density at radius 2 is 2.09 bits per heavy atom. The summed E-state index contributed by atoms with van der Waals surface area (Å²) in [6, 6.07) is 7.61. The van der Waals surface area contributed by atoms with E-state index in [9.17, 15) is 0 Å². The van der Waals surface area contributed by atoms with Crippen LogP contribution in [0.5, 0.6) is 0 Å². The topological polar surface area (TPSA) is 33.6 Å². The molecule has 0 unspecified atom stereocenters. The minimum absolute atomic E-state index is 0.336. The number of halogens is 1. The summed E-state index contributed by atoms with van der Waals surface area (Å²) in [4.78, 5) is 7.24. The van der Waals surface area contributed by atoms with Gasteiger partial charge in [0, 0.05) is 26.7 Å². The number of thiocarbonyl (C=S) groups is 1. The Labute approximate surface area is 151 Å². The van der Waals surface area contributed by atoms with Gasteiger partial charge in [-0.05, 0) is 57.3 Å². The van der Waals surface area contributed by atoms with Crippen LogP contribution in [0.1, 0.15) is 36.8 Å². The quantitative estimate of drug-likeness (QED) is 0.431. The molecule has 0 aliphatic heterocycles. The first kappa shape index (κ1) is 17.9. The molecule has 0 spiro atoms. The Bertz CT molecular complexity index is 732. The molecule has 0 amide bonds. The second-order valence-corrected chi connectivity index (χ2v) is 7.95. The fourth-order valence-electron chi connectivity index (χ4n) is 1.78. The first-order valence-corrected chi connectivity index (χ1v) is 8.79. The van der Waals surface area contributed by atoms with Crippen LogP contribution in [0.15, 0.2) is 34.8 Å². The lowest BCUT2D eigenvalue weighted by Crippen LogP contribution is -2.15. The first-order valence-electron chi connectivity index (χ1n) is 7.13. The van der Waals surface area contributed by atoms with E-state index in [4.69, 9.17) is 28.7 Å². The predicted molar refractivity (Wildman–Crippen MR) is 104 cm³/mol. The van der Waals surface area contributed by atoms with Gasteiger partial charge in [0.15, 0.2) is 0 Å². The monoisotopic (exact) mass is 366 g/mol. The lowest BCUT2D eigenvalue weighted by Gasteiger charge is -2.15. The van der Waals surface area contributed by atoms with Crippen molar-refractivity contribution in [2.45, 2.75) is 33.3 Å². The van der Waals surface area contributed by atoms with Crippen LogP contribution >= 0.6 is 35.2 Å². The van der Waals surface area contributed by atoms with Crippen molar-refractivity contribution >= 4 is 52.0 Å². The molecule has 6 heteroatoms. The molecule has 122 valence electrons. The fraction of sp³-hybridized carbons (Fsp3) is 0.294. The van der Waals surface area contributed by atoms with Crippen molar-refractivity contribution in [3.8, 4) is 0 Å². The second kappa shape index (κ2) is 7.43. The van der Waals surface area contributed by atoms with E-state index in [1.165, 1.54) is 4.88 Å². The Morgan fingerprint density at radius 3 is 2.70 bits per heavy atom. The first-order chi connectivity index (χ1) is 10.8. The molecule has 2 aromatic rings. The van der Waals surface area contributed by atoms with Crippen molar-refractivity contribution in [1.82, 2.24) is 0 Å². The van der Waals surface area contributed by atoms with Gasteiger partial charge in [0.2, 0.25) is 0 Å². The number of rotatable bonds is 4. The number of benzene rings is 1. The highest BCUT2D eigenvalue weighted by Gasteiger charge is 2.10. The number of hydrogen-bond acceptors (Lipinski definition) is 4. The fourth-order valence-corrected chi connectivity index (χ4v) is 3.06. The minimum atomic E-state index is -0.336. The van der Waals surface area contributed by atoms with Crippen LogP contribution in [0.3, 0.4) is 0 Å². The number of nitrogens with one attached hydrogen (secondary N) is 1. The third-order valence-electron chi connectivity index (χ3n) is 2.88. The molecule has 0 saturated heterocycles. The molecule has 0 bridgehead atoms. The van der Waals surface area contributed by atoms with Gasteiger partial charge in [-0.3, -0.25) is 0 Å². The van der Waals surface area contributed by atoms with Crippen LogP contribution in [-0.4, -0.2) is 16.8 Å². The van der Waals surface area contributed by atoms with Gasteiger partial charge in [-0.25, -0.2) is 0 Å². The van der Waals surface area contributed by atoms with Crippen LogP contribution in [0.25, 0.3) is 0 Å². The van der Waals surface area contributed by atoms with Gasteiger partial charge in [-0.2, -0.15) is 0 Å². The molecule has 0 aliphatic rings. The Kier molecular flexibility index (Phi) is 5.79. The van der Waals surface area contributed by atoms with Crippen LogP contribution in [0.2, 0.25) is 5.02 Å². The van der Waals surface area contributed by atoms with Gasteiger partial charge in [-0.15, -0.1) is 11.3 Å². The maximum atomic E-state index is 6.20. The van der Waals surface area contributed by atoms with E-state index in [-0.39, 0.29) is 5.60 Å². The maximum absolute atomic E-state index is 6.20. The molecular weight excluding hydrogens is 348 g/mol. The third kappa shape index (κ3) is 5.30. The lowest BCUT2D eigenvalue weighted by atomic mass is 10.2.